The minimum atomic E-state index is -0.561. The Morgan fingerprint density at radius 1 is 1.00 bits per heavy atom. The molecule has 4 nitrogen and oxygen atoms in total. The van der Waals surface area contributed by atoms with Gasteiger partial charge in [-0.1, -0.05) is 30.3 Å². The first-order valence-corrected chi connectivity index (χ1v) is 9.16. The molecule has 0 aliphatic heterocycles. The second-order valence-corrected chi connectivity index (χ2v) is 7.48. The molecule has 28 heavy (non-hydrogen) atoms. The Hall–Kier alpha value is -3.18. The van der Waals surface area contributed by atoms with Gasteiger partial charge in [0.05, 0.1) is 22.9 Å². The van der Waals surface area contributed by atoms with Crippen LogP contribution in [0.4, 0.5) is 4.39 Å². The number of aromatic nitrogens is 2. The number of nitrogens with two attached hydrogens (primary N) is 1. The van der Waals surface area contributed by atoms with Crippen molar-refractivity contribution in [3.05, 3.63) is 90.4 Å². The Balaban J connectivity index is 1.67. The van der Waals surface area contributed by atoms with Gasteiger partial charge >= 0.3 is 0 Å². The molecule has 0 radical (unpaired) electrons. The minimum Gasteiger partial charge on any atom is -0.484 e. The van der Waals surface area contributed by atoms with Crippen LogP contribution in [-0.2, 0) is 0 Å². The standard InChI is InChI=1S/C23H22FN3O/c1-23(2,25)22(16-6-4-3-5-7-16)28-20-12-13-21-17(14-20)15-26-27(21)19-10-8-18(24)9-11-19/h3-15,22H,25H2,1-2H3. The zero-order valence-electron chi connectivity index (χ0n) is 15.8. The van der Waals surface area contributed by atoms with Gasteiger partial charge in [-0.2, -0.15) is 5.10 Å². The Labute approximate surface area is 163 Å². The van der Waals surface area contributed by atoms with Crippen molar-refractivity contribution in [1.82, 2.24) is 9.78 Å². The smallest absolute Gasteiger partial charge is 0.141 e. The predicted molar refractivity (Wildman–Crippen MR) is 109 cm³/mol. The monoisotopic (exact) mass is 375 g/mol. The van der Waals surface area contributed by atoms with E-state index in [0.717, 1.165) is 27.9 Å². The highest BCUT2D eigenvalue weighted by Crippen LogP contribution is 2.31. The van der Waals surface area contributed by atoms with E-state index in [2.05, 4.69) is 5.10 Å². The lowest BCUT2D eigenvalue weighted by Crippen LogP contribution is -2.42. The van der Waals surface area contributed by atoms with Crippen molar-refractivity contribution in [1.29, 1.82) is 0 Å². The summed E-state index contributed by atoms with van der Waals surface area (Å²) in [6.45, 7) is 3.91. The van der Waals surface area contributed by atoms with Crippen LogP contribution in [0.25, 0.3) is 16.6 Å². The Morgan fingerprint density at radius 3 is 2.39 bits per heavy atom. The number of hydrogen-bond acceptors (Lipinski definition) is 3. The second kappa shape index (κ2) is 7.09. The maximum Gasteiger partial charge on any atom is 0.141 e. The molecule has 0 saturated carbocycles. The summed E-state index contributed by atoms with van der Waals surface area (Å²) in [7, 11) is 0. The maximum atomic E-state index is 13.2. The summed E-state index contributed by atoms with van der Waals surface area (Å²) in [6, 6.07) is 22.0. The van der Waals surface area contributed by atoms with Crippen LogP contribution in [-0.4, -0.2) is 15.3 Å². The highest BCUT2D eigenvalue weighted by Gasteiger charge is 2.29. The summed E-state index contributed by atoms with van der Waals surface area (Å²) in [5.41, 5.74) is 8.58. The maximum absolute atomic E-state index is 13.2. The van der Waals surface area contributed by atoms with Crippen LogP contribution in [0.5, 0.6) is 5.75 Å². The van der Waals surface area contributed by atoms with Crippen molar-refractivity contribution in [3.63, 3.8) is 0 Å². The van der Waals surface area contributed by atoms with E-state index in [1.54, 1.807) is 23.0 Å². The van der Waals surface area contributed by atoms with Gasteiger partial charge in [0.2, 0.25) is 0 Å². The van der Waals surface area contributed by atoms with E-state index in [0.29, 0.717) is 0 Å². The molecule has 0 aliphatic rings. The van der Waals surface area contributed by atoms with Crippen molar-refractivity contribution in [2.45, 2.75) is 25.5 Å². The summed E-state index contributed by atoms with van der Waals surface area (Å²) in [5.74, 6) is 0.450. The largest absolute Gasteiger partial charge is 0.484 e. The molecule has 0 amide bonds. The van der Waals surface area contributed by atoms with Gasteiger partial charge in [-0.05, 0) is 61.9 Å². The third-order valence-electron chi connectivity index (χ3n) is 4.64. The van der Waals surface area contributed by atoms with Crippen molar-refractivity contribution >= 4 is 10.9 Å². The fraction of sp³-hybridized carbons (Fsp3) is 0.174. The molecule has 142 valence electrons. The summed E-state index contributed by atoms with van der Waals surface area (Å²) in [4.78, 5) is 0. The Kier molecular flexibility index (Phi) is 4.61. The number of halogens is 1. The third kappa shape index (κ3) is 3.62. The number of hydrogen-bond donors (Lipinski definition) is 1. The molecule has 4 rings (SSSR count). The van der Waals surface area contributed by atoms with Gasteiger partial charge in [-0.25, -0.2) is 9.07 Å². The van der Waals surface area contributed by atoms with Crippen molar-refractivity contribution < 1.29 is 9.13 Å². The first-order valence-electron chi connectivity index (χ1n) is 9.16. The molecule has 0 fully saturated rings. The van der Waals surface area contributed by atoms with Crippen LogP contribution < -0.4 is 10.5 Å². The van der Waals surface area contributed by atoms with Gasteiger partial charge in [0.1, 0.15) is 17.7 Å². The summed E-state index contributed by atoms with van der Waals surface area (Å²) < 4.78 is 21.3. The van der Waals surface area contributed by atoms with Gasteiger partial charge in [-0.3, -0.25) is 0 Å². The fourth-order valence-electron chi connectivity index (χ4n) is 3.29. The van der Waals surface area contributed by atoms with E-state index in [-0.39, 0.29) is 11.9 Å². The van der Waals surface area contributed by atoms with Crippen LogP contribution in [0, 0.1) is 5.82 Å². The van der Waals surface area contributed by atoms with Crippen molar-refractivity contribution in [3.8, 4) is 11.4 Å². The minimum absolute atomic E-state index is 0.271. The Bertz CT molecular complexity index is 1080. The molecule has 0 aliphatic carbocycles. The third-order valence-corrected chi connectivity index (χ3v) is 4.64. The van der Waals surface area contributed by atoms with Crippen molar-refractivity contribution in [2.75, 3.05) is 0 Å². The SMILES string of the molecule is CC(C)(N)C(Oc1ccc2c(cnn2-c2ccc(F)cc2)c1)c1ccccc1. The topological polar surface area (TPSA) is 53.1 Å². The van der Waals surface area contributed by atoms with E-state index in [9.17, 15) is 4.39 Å². The first kappa shape index (κ1) is 18.2. The molecule has 0 spiro atoms. The fourth-order valence-corrected chi connectivity index (χ4v) is 3.29. The summed E-state index contributed by atoms with van der Waals surface area (Å²) >= 11 is 0. The van der Waals surface area contributed by atoms with E-state index < -0.39 is 5.54 Å². The number of fused-ring (bicyclic) bond motifs is 1. The average Bonchev–Trinajstić information content (AvgIpc) is 3.10. The summed E-state index contributed by atoms with van der Waals surface area (Å²) in [6.07, 6.45) is 1.48. The highest BCUT2D eigenvalue weighted by molar-refractivity contribution is 5.81. The van der Waals surface area contributed by atoms with Crippen LogP contribution in [0.1, 0.15) is 25.5 Å². The number of benzene rings is 3. The van der Waals surface area contributed by atoms with E-state index in [4.69, 9.17) is 10.5 Å². The number of ether oxygens (including phenoxy) is 1. The molecule has 3 aromatic carbocycles. The molecule has 4 aromatic rings. The van der Waals surface area contributed by atoms with Gasteiger partial charge in [-0.15, -0.1) is 0 Å². The lowest BCUT2D eigenvalue weighted by Gasteiger charge is -2.31. The Morgan fingerprint density at radius 2 is 1.71 bits per heavy atom. The quantitative estimate of drug-likeness (QED) is 0.533. The predicted octanol–water partition coefficient (Wildman–Crippen LogP) is 5.02. The van der Waals surface area contributed by atoms with Gasteiger partial charge in [0, 0.05) is 5.39 Å². The van der Waals surface area contributed by atoms with E-state index >= 15 is 0 Å². The molecular weight excluding hydrogens is 353 g/mol. The molecule has 1 aromatic heterocycles. The van der Waals surface area contributed by atoms with Crippen LogP contribution >= 0.6 is 0 Å². The molecule has 0 saturated heterocycles. The molecule has 2 N–H and O–H groups in total. The number of nitrogens with zero attached hydrogens (tertiary/aromatic N) is 2. The molecule has 1 heterocycles. The number of rotatable bonds is 5. The van der Waals surface area contributed by atoms with Gasteiger partial charge in [0.25, 0.3) is 0 Å². The van der Waals surface area contributed by atoms with Crippen LogP contribution in [0.2, 0.25) is 0 Å². The second-order valence-electron chi connectivity index (χ2n) is 7.48. The zero-order chi connectivity index (χ0) is 19.7. The molecule has 1 atom stereocenters. The van der Waals surface area contributed by atoms with Gasteiger partial charge in [0.15, 0.2) is 0 Å². The first-order chi connectivity index (χ1) is 13.4. The highest BCUT2D eigenvalue weighted by atomic mass is 19.1. The summed E-state index contributed by atoms with van der Waals surface area (Å²) in [5, 5.41) is 5.37. The molecular formula is C23H22FN3O. The van der Waals surface area contributed by atoms with E-state index in [1.165, 1.54) is 12.1 Å². The average molecular weight is 375 g/mol. The van der Waals surface area contributed by atoms with E-state index in [1.807, 2.05) is 62.4 Å². The van der Waals surface area contributed by atoms with Crippen LogP contribution in [0.15, 0.2) is 79.0 Å². The molecule has 0 bridgehead atoms. The lowest BCUT2D eigenvalue weighted by molar-refractivity contribution is 0.130. The zero-order valence-corrected chi connectivity index (χ0v) is 15.8. The molecule has 5 heteroatoms. The normalized spacial score (nSPS) is 12.9. The van der Waals surface area contributed by atoms with Crippen molar-refractivity contribution in [2.24, 2.45) is 5.73 Å². The van der Waals surface area contributed by atoms with Crippen LogP contribution in [0.3, 0.4) is 0 Å². The molecule has 1 unspecified atom stereocenters. The lowest BCUT2D eigenvalue weighted by atomic mass is 9.92. The van der Waals surface area contributed by atoms with Gasteiger partial charge < -0.3 is 10.5 Å².